The fraction of sp³-hybridized carbons (Fsp3) is 0.421. The van der Waals surface area contributed by atoms with Crippen LogP contribution >= 0.6 is 0 Å². The Labute approximate surface area is 156 Å². The van der Waals surface area contributed by atoms with Gasteiger partial charge in [0.1, 0.15) is 12.4 Å². The van der Waals surface area contributed by atoms with Crippen LogP contribution in [-0.2, 0) is 16.1 Å². The van der Waals surface area contributed by atoms with E-state index in [1.165, 1.54) is 35.1 Å². The predicted molar refractivity (Wildman–Crippen MR) is 98.5 cm³/mol. The maximum absolute atomic E-state index is 12.9. The number of aliphatic hydroxyl groups is 1. The minimum atomic E-state index is -0.923. The van der Waals surface area contributed by atoms with Crippen LogP contribution in [-0.4, -0.2) is 32.3 Å². The van der Waals surface area contributed by atoms with E-state index >= 15 is 0 Å². The third kappa shape index (κ3) is 5.62. The van der Waals surface area contributed by atoms with Gasteiger partial charge in [-0.2, -0.15) is 5.10 Å². The fourth-order valence-electron chi connectivity index (χ4n) is 3.29. The molecular weight excluding hydrogens is 351 g/mol. The highest BCUT2D eigenvalue weighted by Crippen LogP contribution is 2.31. The molecule has 1 aromatic heterocycles. The molecule has 1 heterocycles. The van der Waals surface area contributed by atoms with Crippen molar-refractivity contribution in [3.8, 4) is 0 Å². The van der Waals surface area contributed by atoms with Gasteiger partial charge in [-0.25, -0.2) is 4.39 Å². The molecule has 0 saturated heterocycles. The van der Waals surface area contributed by atoms with E-state index in [0.717, 1.165) is 19.3 Å². The van der Waals surface area contributed by atoms with E-state index in [0.29, 0.717) is 24.2 Å². The zero-order valence-electron chi connectivity index (χ0n) is 14.9. The summed E-state index contributed by atoms with van der Waals surface area (Å²) < 4.78 is 14.3. The molecule has 2 aromatic rings. The number of nitrogens with one attached hydrogen (secondary N) is 2. The first-order valence-corrected chi connectivity index (χ1v) is 9.02. The summed E-state index contributed by atoms with van der Waals surface area (Å²) in [5.74, 6) is -0.966. The molecule has 144 valence electrons. The fourth-order valence-corrected chi connectivity index (χ4v) is 3.29. The van der Waals surface area contributed by atoms with E-state index in [1.807, 2.05) is 0 Å². The van der Waals surface area contributed by atoms with Crippen molar-refractivity contribution in [2.45, 2.75) is 50.7 Å². The molecule has 1 aromatic carbocycles. The predicted octanol–water partition coefficient (Wildman–Crippen LogP) is 2.68. The van der Waals surface area contributed by atoms with Gasteiger partial charge in [-0.1, -0.05) is 19.3 Å². The van der Waals surface area contributed by atoms with Crippen LogP contribution in [0.2, 0.25) is 0 Å². The lowest BCUT2D eigenvalue weighted by Gasteiger charge is -2.31. The minimum absolute atomic E-state index is 0.0445. The molecule has 0 spiro atoms. The van der Waals surface area contributed by atoms with E-state index in [1.54, 1.807) is 6.20 Å². The molecule has 8 heteroatoms. The lowest BCUT2D eigenvalue weighted by Crippen LogP contribution is -2.35. The minimum Gasteiger partial charge on any atom is -0.389 e. The Balaban J connectivity index is 1.49. The molecule has 3 rings (SSSR count). The summed E-state index contributed by atoms with van der Waals surface area (Å²) >= 11 is 0. The molecule has 1 aliphatic rings. The van der Waals surface area contributed by atoms with Gasteiger partial charge in [-0.05, 0) is 37.1 Å². The summed E-state index contributed by atoms with van der Waals surface area (Å²) in [5.41, 5.74) is 0.0321. The van der Waals surface area contributed by atoms with E-state index in [-0.39, 0.29) is 30.6 Å². The van der Waals surface area contributed by atoms with Crippen LogP contribution in [0.1, 0.15) is 38.5 Å². The molecular formula is C19H23FN4O3. The van der Waals surface area contributed by atoms with Gasteiger partial charge < -0.3 is 15.7 Å². The van der Waals surface area contributed by atoms with Crippen molar-refractivity contribution in [1.82, 2.24) is 9.78 Å². The van der Waals surface area contributed by atoms with E-state index in [4.69, 9.17) is 0 Å². The molecule has 0 atom stereocenters. The first-order valence-electron chi connectivity index (χ1n) is 9.02. The second-order valence-corrected chi connectivity index (χ2v) is 6.99. The molecule has 3 N–H and O–H groups in total. The van der Waals surface area contributed by atoms with Crippen molar-refractivity contribution in [1.29, 1.82) is 0 Å². The number of hydrogen-bond donors (Lipinski definition) is 3. The van der Waals surface area contributed by atoms with Crippen molar-refractivity contribution in [3.63, 3.8) is 0 Å². The van der Waals surface area contributed by atoms with Gasteiger partial charge in [0.05, 0.1) is 23.9 Å². The van der Waals surface area contributed by atoms with Gasteiger partial charge in [-0.3, -0.25) is 14.3 Å². The largest absolute Gasteiger partial charge is 0.389 e. The summed E-state index contributed by atoms with van der Waals surface area (Å²) in [6, 6.07) is 5.46. The quantitative estimate of drug-likeness (QED) is 0.724. The number of aromatic nitrogens is 2. The summed E-state index contributed by atoms with van der Waals surface area (Å²) in [6.45, 7) is -0.0445. The highest BCUT2D eigenvalue weighted by atomic mass is 19.1. The lowest BCUT2D eigenvalue weighted by atomic mass is 9.82. The van der Waals surface area contributed by atoms with Gasteiger partial charge in [0, 0.05) is 11.9 Å². The Morgan fingerprint density at radius 3 is 2.44 bits per heavy atom. The maximum Gasteiger partial charge on any atom is 0.246 e. The number of halogens is 1. The van der Waals surface area contributed by atoms with Crippen molar-refractivity contribution in [3.05, 3.63) is 42.5 Å². The number of carbonyl (C=O) groups is 2. The smallest absolute Gasteiger partial charge is 0.246 e. The Bertz CT molecular complexity index is 798. The lowest BCUT2D eigenvalue weighted by molar-refractivity contribution is -0.122. The Kier molecular flexibility index (Phi) is 5.85. The molecule has 1 aliphatic carbocycles. The molecule has 0 unspecified atom stereocenters. The van der Waals surface area contributed by atoms with Gasteiger partial charge in [0.25, 0.3) is 0 Å². The standard InChI is InChI=1S/C19H23FN4O3/c20-14-4-6-15(7-5-14)22-18(26)13-24-12-16(11-21-24)23-17(25)10-19(27)8-2-1-3-9-19/h4-7,11-12,27H,1-3,8-10,13H2,(H,22,26)(H,23,25). The number of benzene rings is 1. The maximum atomic E-state index is 12.9. The van der Waals surface area contributed by atoms with Gasteiger partial charge in [0.2, 0.25) is 11.8 Å². The normalized spacial score (nSPS) is 15.9. The number of hydrogen-bond acceptors (Lipinski definition) is 4. The second kappa shape index (κ2) is 8.30. The second-order valence-electron chi connectivity index (χ2n) is 6.99. The summed E-state index contributed by atoms with van der Waals surface area (Å²) in [6.07, 6.45) is 7.31. The van der Waals surface area contributed by atoms with Crippen molar-refractivity contribution in [2.75, 3.05) is 10.6 Å². The van der Waals surface area contributed by atoms with Crippen LogP contribution in [0.4, 0.5) is 15.8 Å². The van der Waals surface area contributed by atoms with Crippen LogP contribution in [0, 0.1) is 5.82 Å². The van der Waals surface area contributed by atoms with Crippen LogP contribution in [0.5, 0.6) is 0 Å². The molecule has 27 heavy (non-hydrogen) atoms. The molecule has 7 nitrogen and oxygen atoms in total. The topological polar surface area (TPSA) is 96.2 Å². The molecule has 0 bridgehead atoms. The van der Waals surface area contributed by atoms with Gasteiger partial charge >= 0.3 is 0 Å². The van der Waals surface area contributed by atoms with Crippen LogP contribution in [0.3, 0.4) is 0 Å². The molecule has 0 radical (unpaired) electrons. The monoisotopic (exact) mass is 374 g/mol. The van der Waals surface area contributed by atoms with Crippen LogP contribution in [0.25, 0.3) is 0 Å². The van der Waals surface area contributed by atoms with E-state index in [9.17, 15) is 19.1 Å². The number of carbonyl (C=O) groups excluding carboxylic acids is 2. The molecule has 1 saturated carbocycles. The van der Waals surface area contributed by atoms with E-state index in [2.05, 4.69) is 15.7 Å². The molecule has 2 amide bonds. The number of rotatable bonds is 6. The average molecular weight is 374 g/mol. The van der Waals surface area contributed by atoms with Crippen molar-refractivity contribution in [2.24, 2.45) is 0 Å². The number of amides is 2. The van der Waals surface area contributed by atoms with Gasteiger partial charge in [0.15, 0.2) is 0 Å². The summed E-state index contributed by atoms with van der Waals surface area (Å²) in [5, 5.41) is 19.8. The van der Waals surface area contributed by atoms with Crippen LogP contribution < -0.4 is 10.6 Å². The highest BCUT2D eigenvalue weighted by molar-refractivity contribution is 5.92. The molecule has 1 fully saturated rings. The van der Waals surface area contributed by atoms with Crippen molar-refractivity contribution < 1.29 is 19.1 Å². The Morgan fingerprint density at radius 1 is 1.07 bits per heavy atom. The molecule has 0 aliphatic heterocycles. The number of anilines is 2. The highest BCUT2D eigenvalue weighted by Gasteiger charge is 2.31. The Morgan fingerprint density at radius 2 is 1.74 bits per heavy atom. The number of nitrogens with zero attached hydrogens (tertiary/aromatic N) is 2. The van der Waals surface area contributed by atoms with Crippen molar-refractivity contribution >= 4 is 23.2 Å². The Hall–Kier alpha value is -2.74. The SMILES string of the molecule is O=C(Cn1cc(NC(=O)CC2(O)CCCCC2)cn1)Nc1ccc(F)cc1. The average Bonchev–Trinajstić information content (AvgIpc) is 3.03. The first-order chi connectivity index (χ1) is 12.9. The zero-order valence-corrected chi connectivity index (χ0v) is 14.9. The van der Waals surface area contributed by atoms with Gasteiger partial charge in [-0.15, -0.1) is 0 Å². The zero-order chi connectivity index (χ0) is 19.3. The van der Waals surface area contributed by atoms with E-state index < -0.39 is 5.60 Å². The summed E-state index contributed by atoms with van der Waals surface area (Å²) in [4.78, 5) is 24.2. The first kappa shape index (κ1) is 19.0. The van der Waals surface area contributed by atoms with Crippen LogP contribution in [0.15, 0.2) is 36.7 Å². The third-order valence-electron chi connectivity index (χ3n) is 4.62. The summed E-state index contributed by atoms with van der Waals surface area (Å²) in [7, 11) is 0. The third-order valence-corrected chi connectivity index (χ3v) is 4.62.